The summed E-state index contributed by atoms with van der Waals surface area (Å²) in [4.78, 5) is 38.3. The van der Waals surface area contributed by atoms with Gasteiger partial charge in [0, 0.05) is 90.6 Å². The number of ketones is 1. The highest BCUT2D eigenvalue weighted by Gasteiger charge is 2.36. The van der Waals surface area contributed by atoms with Crippen LogP contribution < -0.4 is 29.9 Å². The van der Waals surface area contributed by atoms with Crippen molar-refractivity contribution in [3.05, 3.63) is 85.9 Å². The molecule has 0 bridgehead atoms. The van der Waals surface area contributed by atoms with Crippen molar-refractivity contribution in [1.29, 1.82) is 0 Å². The lowest BCUT2D eigenvalue weighted by Gasteiger charge is -2.39. The van der Waals surface area contributed by atoms with Crippen molar-refractivity contribution in [1.82, 2.24) is 9.48 Å². The Morgan fingerprint density at radius 3 is 2.12 bits per heavy atom. The number of benzene rings is 3. The fourth-order valence-corrected chi connectivity index (χ4v) is 8.75. The summed E-state index contributed by atoms with van der Waals surface area (Å²) >= 11 is 0. The van der Waals surface area contributed by atoms with Crippen LogP contribution in [-0.4, -0.2) is 68.0 Å². The fraction of sp³-hybridized carbons (Fsp3) is 0.436. The molecule has 11 heteroatoms. The number of hydrogen-bond donors (Lipinski definition) is 0. The average Bonchev–Trinajstić information content (AvgIpc) is 3.11. The van der Waals surface area contributed by atoms with Crippen molar-refractivity contribution in [2.45, 2.75) is 70.4 Å². The molecular weight excluding hydrogens is 647 g/mol. The number of carbonyl (C=O) groups excluding carboxylic acids is 3. The van der Waals surface area contributed by atoms with Gasteiger partial charge in [-0.1, -0.05) is 12.1 Å². The largest absolute Gasteiger partial charge is 0.542 e. The van der Waals surface area contributed by atoms with Gasteiger partial charge >= 0.3 is 6.18 Å². The standard InChI is InChI=1S/C37H38N3O3.C2HF3O2/c41-27-13-19-40(20-14-27)37(42)24-11-9-23(10-12-24)32-30-21-25-5-1-15-38-17-3-7-28(33(25)38)35(30)43-36-29-8-4-18-39-16-2-6-26(34(29)39)22-31(32)36;3-2(4,5)1(6)7/h9-12,21-22H,1-8,13-20H2;(H,6,7)/q+1;/p-1. The van der Waals surface area contributed by atoms with Gasteiger partial charge in [-0.05, 0) is 73.9 Å². The summed E-state index contributed by atoms with van der Waals surface area (Å²) in [6, 6.07) is 13.1. The molecule has 0 N–H and O–H groups in total. The van der Waals surface area contributed by atoms with Gasteiger partial charge in [-0.3, -0.25) is 9.59 Å². The van der Waals surface area contributed by atoms with Gasteiger partial charge < -0.3 is 24.4 Å². The number of amides is 1. The lowest BCUT2D eigenvalue weighted by molar-refractivity contribution is -0.344. The molecule has 6 aliphatic heterocycles. The number of aliphatic carboxylic acids is 1. The zero-order valence-electron chi connectivity index (χ0n) is 27.8. The summed E-state index contributed by atoms with van der Waals surface area (Å²) in [5, 5.41) is 11.4. The van der Waals surface area contributed by atoms with Crippen LogP contribution in [0.4, 0.5) is 18.9 Å². The maximum atomic E-state index is 13.3. The summed E-state index contributed by atoms with van der Waals surface area (Å²) in [5.74, 6) is -0.604. The van der Waals surface area contributed by atoms with Crippen LogP contribution in [0.3, 0.4) is 0 Å². The molecule has 1 amide bonds. The third-order valence-corrected chi connectivity index (χ3v) is 10.9. The highest BCUT2D eigenvalue weighted by Crippen LogP contribution is 2.48. The van der Waals surface area contributed by atoms with Crippen molar-refractivity contribution in [2.24, 2.45) is 0 Å². The van der Waals surface area contributed by atoms with E-state index in [1.807, 2.05) is 17.0 Å². The molecule has 0 spiro atoms. The second kappa shape index (κ2) is 12.6. The van der Waals surface area contributed by atoms with E-state index in [1.54, 1.807) is 0 Å². The van der Waals surface area contributed by atoms with Crippen LogP contribution in [0.1, 0.15) is 82.3 Å². The van der Waals surface area contributed by atoms with Gasteiger partial charge in [0.05, 0.1) is 5.56 Å². The van der Waals surface area contributed by atoms with E-state index in [4.69, 9.17) is 14.6 Å². The van der Waals surface area contributed by atoms with Crippen molar-refractivity contribution < 1.29 is 37.4 Å². The zero-order valence-corrected chi connectivity index (χ0v) is 27.8. The molecule has 9 rings (SSSR count). The summed E-state index contributed by atoms with van der Waals surface area (Å²) in [6.45, 7) is 5.59. The summed E-state index contributed by atoms with van der Waals surface area (Å²) in [5.41, 5.74) is 11.4. The molecule has 6 heterocycles. The van der Waals surface area contributed by atoms with E-state index in [0.717, 1.165) is 81.8 Å². The summed E-state index contributed by atoms with van der Waals surface area (Å²) in [6.07, 6.45) is 4.80. The monoisotopic (exact) mass is 685 g/mol. The van der Waals surface area contributed by atoms with Gasteiger partial charge in [0.15, 0.2) is 0 Å². The van der Waals surface area contributed by atoms with Gasteiger partial charge in [0.25, 0.3) is 5.91 Å². The topological polar surface area (TPSA) is 93.0 Å². The smallest absolute Gasteiger partial charge is 0.430 e. The normalized spacial score (nSPS) is 18.9. The minimum Gasteiger partial charge on any atom is -0.542 e. The predicted octanol–water partition coefficient (Wildman–Crippen LogP) is 3.23. The van der Waals surface area contributed by atoms with Gasteiger partial charge in [-0.25, -0.2) is 4.58 Å². The lowest BCUT2D eigenvalue weighted by Crippen LogP contribution is -2.45. The first-order chi connectivity index (χ1) is 24.1. The number of fused-ring (bicyclic) bond motifs is 4. The van der Waals surface area contributed by atoms with Crippen LogP contribution in [0, 0.1) is 0 Å². The number of hydrogen-bond acceptors (Lipinski definition) is 6. The maximum absolute atomic E-state index is 13.3. The highest BCUT2D eigenvalue weighted by molar-refractivity contribution is 5.96. The first-order valence-corrected chi connectivity index (χ1v) is 17.7. The molecule has 260 valence electrons. The van der Waals surface area contributed by atoms with E-state index in [-0.39, 0.29) is 11.7 Å². The number of likely N-dealkylation sites (tertiary alicyclic amines) is 1. The molecule has 0 radical (unpaired) electrons. The van der Waals surface area contributed by atoms with Crippen LogP contribution in [0.5, 0.6) is 11.5 Å². The molecule has 6 aliphatic rings. The molecule has 1 saturated heterocycles. The van der Waals surface area contributed by atoms with E-state index >= 15 is 0 Å². The van der Waals surface area contributed by atoms with Crippen LogP contribution >= 0.6 is 0 Å². The van der Waals surface area contributed by atoms with Crippen molar-refractivity contribution in [3.8, 4) is 11.5 Å². The molecule has 3 aromatic carbocycles. The second-order valence-electron chi connectivity index (χ2n) is 14.0. The minimum atomic E-state index is -5.19. The third-order valence-electron chi connectivity index (χ3n) is 10.9. The van der Waals surface area contributed by atoms with Crippen molar-refractivity contribution >= 4 is 28.9 Å². The Bertz CT molecular complexity index is 2060. The number of halogens is 3. The Morgan fingerprint density at radius 1 is 0.780 bits per heavy atom. The molecule has 0 unspecified atom stereocenters. The Hall–Kier alpha value is -4.67. The van der Waals surface area contributed by atoms with E-state index in [1.165, 1.54) is 62.5 Å². The number of nitrogens with zero attached hydrogens (tertiary/aromatic N) is 3. The van der Waals surface area contributed by atoms with E-state index in [0.29, 0.717) is 31.5 Å². The number of anilines is 1. The zero-order chi connectivity index (χ0) is 34.7. The van der Waals surface area contributed by atoms with E-state index < -0.39 is 12.1 Å². The fourth-order valence-electron chi connectivity index (χ4n) is 8.75. The Kier molecular flexibility index (Phi) is 8.19. The summed E-state index contributed by atoms with van der Waals surface area (Å²) < 4.78 is 41.3. The highest BCUT2D eigenvalue weighted by atomic mass is 19.4. The number of carboxylic acids is 1. The molecule has 0 aliphatic carbocycles. The van der Waals surface area contributed by atoms with Crippen molar-refractivity contribution in [2.75, 3.05) is 44.2 Å². The number of carbonyl (C=O) groups is 3. The van der Waals surface area contributed by atoms with Crippen LogP contribution in [0.15, 0.2) is 36.4 Å². The lowest BCUT2D eigenvalue weighted by atomic mass is 9.82. The molecule has 8 nitrogen and oxygen atoms in total. The SMILES string of the molecule is O=C([O-])C(F)(F)F.O=C1CCN(C(=O)c2ccc(C3=c4cc5c6c(c4Oc4c3cc3c7c4CCCN7CCC3)CCC[N+]=6CCC5)cc2)CC1. The number of alkyl halides is 3. The van der Waals surface area contributed by atoms with Crippen LogP contribution in [0.2, 0.25) is 0 Å². The number of rotatable bonds is 2. The van der Waals surface area contributed by atoms with Crippen LogP contribution in [0.25, 0.3) is 5.57 Å². The number of Topliss-reactive ketones (excluding diaryl/α,β-unsaturated/α-hetero) is 1. The summed E-state index contributed by atoms with van der Waals surface area (Å²) in [7, 11) is 0. The Morgan fingerprint density at radius 2 is 1.42 bits per heavy atom. The Balaban J connectivity index is 0.000000470. The third kappa shape index (κ3) is 5.64. The average molecular weight is 686 g/mol. The molecule has 0 saturated carbocycles. The predicted molar refractivity (Wildman–Crippen MR) is 178 cm³/mol. The number of piperidine rings is 1. The van der Waals surface area contributed by atoms with Gasteiger partial charge in [-0.15, -0.1) is 0 Å². The quantitative estimate of drug-likeness (QED) is 0.301. The molecule has 0 atom stereocenters. The number of carboxylic acid groups (broad SMARTS) is 1. The van der Waals surface area contributed by atoms with E-state index in [2.05, 4.69) is 33.7 Å². The minimum absolute atomic E-state index is 0.0222. The molecule has 0 aromatic heterocycles. The first kappa shape index (κ1) is 32.5. The second-order valence-corrected chi connectivity index (χ2v) is 14.0. The van der Waals surface area contributed by atoms with Gasteiger partial charge in [-0.2, -0.15) is 13.2 Å². The first-order valence-electron chi connectivity index (χ1n) is 17.7. The van der Waals surface area contributed by atoms with Gasteiger partial charge in [0.2, 0.25) is 5.36 Å². The molecule has 1 fully saturated rings. The van der Waals surface area contributed by atoms with Crippen LogP contribution in [-0.2, 0) is 35.3 Å². The van der Waals surface area contributed by atoms with Crippen molar-refractivity contribution in [3.63, 3.8) is 0 Å². The molecular formula is C39H38F3N3O5. The maximum Gasteiger partial charge on any atom is 0.430 e. The van der Waals surface area contributed by atoms with Gasteiger partial charge in [0.1, 0.15) is 36.3 Å². The Labute approximate surface area is 287 Å². The number of ether oxygens (including phenoxy) is 1. The number of aryl methyl sites for hydroxylation is 2. The molecule has 3 aromatic rings. The molecule has 50 heavy (non-hydrogen) atoms. The van der Waals surface area contributed by atoms with E-state index in [9.17, 15) is 22.8 Å².